The molecule has 0 radical (unpaired) electrons. The van der Waals surface area contributed by atoms with E-state index in [1.807, 2.05) is 6.92 Å². The van der Waals surface area contributed by atoms with E-state index in [1.54, 1.807) is 6.92 Å². The fourth-order valence-corrected chi connectivity index (χ4v) is 3.83. The fourth-order valence-electron chi connectivity index (χ4n) is 3.83. The number of fused-ring (bicyclic) bond motifs is 2. The second-order valence-corrected chi connectivity index (χ2v) is 8.15. The van der Waals surface area contributed by atoms with E-state index in [-0.39, 0.29) is 11.9 Å². The van der Waals surface area contributed by atoms with E-state index >= 15 is 0 Å². The summed E-state index contributed by atoms with van der Waals surface area (Å²) in [5.74, 6) is -1.27. The number of aliphatic hydroxyl groups is 1. The summed E-state index contributed by atoms with van der Waals surface area (Å²) in [7, 11) is 0. The zero-order valence-corrected chi connectivity index (χ0v) is 16.9. The summed E-state index contributed by atoms with van der Waals surface area (Å²) in [6.07, 6.45) is 7.17. The van der Waals surface area contributed by atoms with Crippen molar-refractivity contribution >= 4 is 11.9 Å². The van der Waals surface area contributed by atoms with E-state index in [0.717, 1.165) is 18.4 Å². The average molecular weight is 376 g/mol. The molecule has 2 aliphatic rings. The first-order valence-corrected chi connectivity index (χ1v) is 9.70. The smallest absolute Gasteiger partial charge is 0.334 e. The molecule has 1 aliphatic heterocycles. The van der Waals surface area contributed by atoms with Gasteiger partial charge in [0.15, 0.2) is 0 Å². The predicted octanol–water partition coefficient (Wildman–Crippen LogP) is 4.01. The summed E-state index contributed by atoms with van der Waals surface area (Å²) >= 11 is 0. The molecule has 0 unspecified atom stereocenters. The Morgan fingerprint density at radius 1 is 1.30 bits per heavy atom. The van der Waals surface area contributed by atoms with Crippen molar-refractivity contribution in [3.05, 3.63) is 35.5 Å². The van der Waals surface area contributed by atoms with Crippen LogP contribution in [0, 0.1) is 5.92 Å². The highest BCUT2D eigenvalue weighted by Gasteiger charge is 2.45. The molecule has 1 heterocycles. The Kier molecular flexibility index (Phi) is 7.04. The van der Waals surface area contributed by atoms with E-state index in [1.165, 1.54) is 12.5 Å². The first-order valence-electron chi connectivity index (χ1n) is 9.70. The van der Waals surface area contributed by atoms with Crippen molar-refractivity contribution in [3.8, 4) is 0 Å². The minimum absolute atomic E-state index is 0.309. The lowest BCUT2D eigenvalue weighted by atomic mass is 9.78. The predicted molar refractivity (Wildman–Crippen MR) is 104 cm³/mol. The van der Waals surface area contributed by atoms with Gasteiger partial charge in [0.05, 0.1) is 5.60 Å². The normalized spacial score (nSPS) is 37.1. The molecule has 2 rings (SSSR count). The minimum atomic E-state index is -1.15. The van der Waals surface area contributed by atoms with Crippen molar-refractivity contribution < 1.29 is 24.2 Å². The zero-order chi connectivity index (χ0) is 20.2. The van der Waals surface area contributed by atoms with Crippen LogP contribution in [0.3, 0.4) is 0 Å². The molecule has 1 N–H and O–H groups in total. The Morgan fingerprint density at radius 2 is 1.96 bits per heavy atom. The molecular weight excluding hydrogens is 344 g/mol. The lowest BCUT2D eigenvalue weighted by Gasteiger charge is -2.40. The molecule has 1 saturated heterocycles. The highest BCUT2D eigenvalue weighted by Crippen LogP contribution is 2.37. The van der Waals surface area contributed by atoms with Crippen LogP contribution in [-0.2, 0) is 19.1 Å². The molecule has 5 nitrogen and oxygen atoms in total. The van der Waals surface area contributed by atoms with Crippen molar-refractivity contribution in [3.63, 3.8) is 0 Å². The highest BCUT2D eigenvalue weighted by atomic mass is 16.6. The molecular formula is C22H32O5. The maximum Gasteiger partial charge on any atom is 0.334 e. The maximum atomic E-state index is 12.4. The molecule has 1 aliphatic carbocycles. The van der Waals surface area contributed by atoms with Crippen LogP contribution in [0.4, 0.5) is 0 Å². The van der Waals surface area contributed by atoms with Crippen LogP contribution in [0.2, 0.25) is 0 Å². The highest BCUT2D eigenvalue weighted by molar-refractivity contribution is 5.89. The molecule has 150 valence electrons. The summed E-state index contributed by atoms with van der Waals surface area (Å²) in [6, 6.07) is 0. The summed E-state index contributed by atoms with van der Waals surface area (Å²) < 4.78 is 11.1. The van der Waals surface area contributed by atoms with E-state index in [9.17, 15) is 14.7 Å². The summed E-state index contributed by atoms with van der Waals surface area (Å²) in [5.41, 5.74) is 1.54. The van der Waals surface area contributed by atoms with Gasteiger partial charge in [0.1, 0.15) is 12.2 Å². The molecule has 0 amide bonds. The number of rotatable bonds is 1. The second kappa shape index (κ2) is 8.87. The fraction of sp³-hybridized carbons (Fsp3) is 0.636. The monoisotopic (exact) mass is 376 g/mol. The number of carbonyl (C=O) groups excluding carboxylic acids is 2. The average Bonchev–Trinajstić information content (AvgIpc) is 2.55. The lowest BCUT2D eigenvalue weighted by molar-refractivity contribution is -0.174. The SMILES string of the molecule is C=C1C(=O)O[C@H]2C[C@H]1[C@H](OC(C)=O)C/C(C)=C/CC/C(C)=C/CC[C@@]2(C)O. The van der Waals surface area contributed by atoms with E-state index in [2.05, 4.69) is 25.7 Å². The molecule has 0 aromatic heterocycles. The van der Waals surface area contributed by atoms with E-state index in [4.69, 9.17) is 9.47 Å². The lowest BCUT2D eigenvalue weighted by Crippen LogP contribution is -2.49. The van der Waals surface area contributed by atoms with Crippen molar-refractivity contribution in [1.29, 1.82) is 0 Å². The minimum Gasteiger partial charge on any atom is -0.462 e. The molecule has 4 atom stereocenters. The van der Waals surface area contributed by atoms with E-state index < -0.39 is 23.8 Å². The van der Waals surface area contributed by atoms with Crippen molar-refractivity contribution in [2.24, 2.45) is 5.92 Å². The maximum absolute atomic E-state index is 12.4. The van der Waals surface area contributed by atoms with Gasteiger partial charge in [-0.25, -0.2) is 4.79 Å². The molecule has 2 bridgehead atoms. The van der Waals surface area contributed by atoms with Gasteiger partial charge in [-0.2, -0.15) is 0 Å². The Labute approximate surface area is 162 Å². The number of hydrogen-bond donors (Lipinski definition) is 1. The molecule has 5 heteroatoms. The zero-order valence-electron chi connectivity index (χ0n) is 16.9. The van der Waals surface area contributed by atoms with Gasteiger partial charge in [-0.3, -0.25) is 4.79 Å². The van der Waals surface area contributed by atoms with Crippen LogP contribution >= 0.6 is 0 Å². The molecule has 27 heavy (non-hydrogen) atoms. The number of allylic oxidation sites excluding steroid dienone is 3. The molecule has 0 saturated carbocycles. The summed E-state index contributed by atoms with van der Waals surface area (Å²) in [4.78, 5) is 24.1. The van der Waals surface area contributed by atoms with Crippen LogP contribution in [0.15, 0.2) is 35.5 Å². The van der Waals surface area contributed by atoms with Crippen LogP contribution < -0.4 is 0 Å². The number of carbonyl (C=O) groups is 2. The Balaban J connectivity index is 2.38. The van der Waals surface area contributed by atoms with Crippen molar-refractivity contribution in [2.75, 3.05) is 0 Å². The van der Waals surface area contributed by atoms with Gasteiger partial charge in [0.25, 0.3) is 0 Å². The molecule has 0 spiro atoms. The number of ether oxygens (including phenoxy) is 2. The van der Waals surface area contributed by atoms with Crippen molar-refractivity contribution in [2.45, 2.75) is 84.0 Å². The van der Waals surface area contributed by atoms with Gasteiger partial charge >= 0.3 is 11.9 Å². The third-order valence-electron chi connectivity index (χ3n) is 5.58. The Morgan fingerprint density at radius 3 is 2.63 bits per heavy atom. The largest absolute Gasteiger partial charge is 0.462 e. The molecule has 0 aromatic carbocycles. The Hall–Kier alpha value is -1.88. The number of esters is 2. The van der Waals surface area contributed by atoms with Gasteiger partial charge in [0.2, 0.25) is 0 Å². The Bertz CT molecular complexity index is 656. The second-order valence-electron chi connectivity index (χ2n) is 8.15. The topological polar surface area (TPSA) is 72.8 Å². The van der Waals surface area contributed by atoms with Gasteiger partial charge in [0, 0.05) is 24.8 Å². The molecule has 0 aromatic rings. The number of hydrogen-bond acceptors (Lipinski definition) is 5. The van der Waals surface area contributed by atoms with Crippen molar-refractivity contribution in [1.82, 2.24) is 0 Å². The standard InChI is InChI=1S/C22H32O5/c1-14-8-6-9-15(2)12-19(26-17(4)23)18-13-20(27-21(24)16(18)3)22(5,25)11-7-10-14/h9-10,18-20,25H,3,6-8,11-13H2,1-2,4-5H3/b14-10+,15-9+/t18-,19-,20+,22-/m1/s1. The first kappa shape index (κ1) is 21.4. The summed E-state index contributed by atoms with van der Waals surface area (Å²) in [5, 5.41) is 11.0. The molecule has 1 fully saturated rings. The van der Waals surface area contributed by atoms with Gasteiger partial charge < -0.3 is 14.6 Å². The van der Waals surface area contributed by atoms with Crippen LogP contribution in [0.5, 0.6) is 0 Å². The van der Waals surface area contributed by atoms with Gasteiger partial charge in [-0.1, -0.05) is 29.9 Å². The van der Waals surface area contributed by atoms with Crippen LogP contribution in [0.1, 0.15) is 66.2 Å². The van der Waals surface area contributed by atoms with E-state index in [0.29, 0.717) is 31.3 Å². The first-order chi connectivity index (χ1) is 12.6. The third-order valence-corrected chi connectivity index (χ3v) is 5.58. The quantitative estimate of drug-likeness (QED) is 0.425. The van der Waals surface area contributed by atoms with Gasteiger partial charge in [-0.15, -0.1) is 0 Å². The third kappa shape index (κ3) is 5.80. The summed E-state index contributed by atoms with van der Waals surface area (Å²) in [6.45, 7) is 11.1. The van der Waals surface area contributed by atoms with Crippen LogP contribution in [0.25, 0.3) is 0 Å². The van der Waals surface area contributed by atoms with Crippen LogP contribution in [-0.4, -0.2) is 34.9 Å². The van der Waals surface area contributed by atoms with Gasteiger partial charge in [-0.05, 0) is 52.9 Å².